The molecule has 0 N–H and O–H groups in total. The van der Waals surface area contributed by atoms with E-state index in [0.29, 0.717) is 29.7 Å². The number of methoxy groups -OCH3 is 3. The van der Waals surface area contributed by atoms with Crippen molar-refractivity contribution in [3.05, 3.63) is 47.8 Å². The van der Waals surface area contributed by atoms with Gasteiger partial charge in [-0.3, -0.25) is 0 Å². The minimum atomic E-state index is 0.346. The van der Waals surface area contributed by atoms with Crippen LogP contribution < -0.4 is 14.2 Å². The molecule has 0 spiro atoms. The number of halogens is 1. The molecule has 0 fully saturated rings. The molecule has 0 saturated carbocycles. The number of hydrogen-bond acceptors (Lipinski definition) is 4. The summed E-state index contributed by atoms with van der Waals surface area (Å²) in [7, 11) is 4.81. The van der Waals surface area contributed by atoms with Crippen LogP contribution in [0.25, 0.3) is 11.0 Å². The molecular weight excluding hydrogens is 328 g/mol. The van der Waals surface area contributed by atoms with Gasteiger partial charge in [-0.25, -0.2) is 4.98 Å². The van der Waals surface area contributed by atoms with Crippen molar-refractivity contribution in [3.8, 4) is 17.2 Å². The van der Waals surface area contributed by atoms with Gasteiger partial charge in [0.1, 0.15) is 5.82 Å². The lowest BCUT2D eigenvalue weighted by Gasteiger charge is -2.15. The Morgan fingerprint density at radius 2 is 1.67 bits per heavy atom. The highest BCUT2D eigenvalue weighted by molar-refractivity contribution is 6.16. The number of alkyl halides is 1. The standard InChI is InChI=1S/C18H19ClN2O3/c1-22-15-8-12(9-16(23-2)18(15)24-3)11-21-14-7-5-4-6-13(14)20-17(21)10-19/h4-9H,10-11H2,1-3H3. The van der Waals surface area contributed by atoms with Gasteiger partial charge in [0, 0.05) is 6.54 Å². The topological polar surface area (TPSA) is 45.5 Å². The minimum absolute atomic E-state index is 0.346. The third-order valence-corrected chi connectivity index (χ3v) is 4.16. The van der Waals surface area contributed by atoms with Crippen LogP contribution in [0.4, 0.5) is 0 Å². The second-order valence-corrected chi connectivity index (χ2v) is 5.54. The predicted octanol–water partition coefficient (Wildman–Crippen LogP) is 3.85. The molecule has 0 radical (unpaired) electrons. The number of ether oxygens (including phenoxy) is 3. The van der Waals surface area contributed by atoms with Crippen LogP contribution in [0.2, 0.25) is 0 Å². The maximum Gasteiger partial charge on any atom is 0.203 e. The molecule has 0 bridgehead atoms. The Morgan fingerprint density at radius 3 is 2.25 bits per heavy atom. The normalized spacial score (nSPS) is 10.8. The average Bonchev–Trinajstić information content (AvgIpc) is 2.98. The Labute approximate surface area is 145 Å². The zero-order chi connectivity index (χ0) is 17.1. The van der Waals surface area contributed by atoms with E-state index in [4.69, 9.17) is 25.8 Å². The number of benzene rings is 2. The van der Waals surface area contributed by atoms with E-state index in [1.807, 2.05) is 36.4 Å². The SMILES string of the molecule is COc1cc(Cn2c(CCl)nc3ccccc32)cc(OC)c1OC. The van der Waals surface area contributed by atoms with Crippen LogP contribution in [0.5, 0.6) is 17.2 Å². The maximum absolute atomic E-state index is 6.08. The molecule has 2 aromatic carbocycles. The summed E-state index contributed by atoms with van der Waals surface area (Å²) in [6.45, 7) is 0.610. The Bertz CT molecular complexity index is 836. The van der Waals surface area contributed by atoms with Gasteiger partial charge in [0.25, 0.3) is 0 Å². The monoisotopic (exact) mass is 346 g/mol. The lowest BCUT2D eigenvalue weighted by molar-refractivity contribution is 0.323. The van der Waals surface area contributed by atoms with Crippen molar-refractivity contribution in [1.29, 1.82) is 0 Å². The van der Waals surface area contributed by atoms with Crippen LogP contribution >= 0.6 is 11.6 Å². The highest BCUT2D eigenvalue weighted by Crippen LogP contribution is 2.38. The van der Waals surface area contributed by atoms with Gasteiger partial charge in [-0.1, -0.05) is 12.1 Å². The van der Waals surface area contributed by atoms with E-state index in [9.17, 15) is 0 Å². The molecule has 0 aliphatic carbocycles. The highest BCUT2D eigenvalue weighted by atomic mass is 35.5. The summed E-state index contributed by atoms with van der Waals surface area (Å²) < 4.78 is 18.3. The summed E-state index contributed by atoms with van der Waals surface area (Å²) in [4.78, 5) is 4.59. The first-order valence-corrected chi connectivity index (χ1v) is 8.04. The van der Waals surface area contributed by atoms with Crippen molar-refractivity contribution >= 4 is 22.6 Å². The first kappa shape index (κ1) is 16.5. The number of imidazole rings is 1. The average molecular weight is 347 g/mol. The summed E-state index contributed by atoms with van der Waals surface area (Å²) in [5.74, 6) is 3.01. The summed E-state index contributed by atoms with van der Waals surface area (Å²) in [6.07, 6.45) is 0. The molecule has 5 nitrogen and oxygen atoms in total. The van der Waals surface area contributed by atoms with Crippen LogP contribution in [0.3, 0.4) is 0 Å². The second kappa shape index (κ2) is 7.01. The second-order valence-electron chi connectivity index (χ2n) is 5.27. The zero-order valence-electron chi connectivity index (χ0n) is 13.9. The van der Waals surface area contributed by atoms with Crippen LogP contribution in [0.1, 0.15) is 11.4 Å². The summed E-state index contributed by atoms with van der Waals surface area (Å²) in [5.41, 5.74) is 2.99. The molecule has 0 aliphatic heterocycles. The molecule has 1 aromatic heterocycles. The van der Waals surface area contributed by atoms with Crippen molar-refractivity contribution < 1.29 is 14.2 Å². The summed E-state index contributed by atoms with van der Waals surface area (Å²) in [5, 5.41) is 0. The molecule has 0 atom stereocenters. The van der Waals surface area contributed by atoms with Gasteiger partial charge < -0.3 is 18.8 Å². The van der Waals surface area contributed by atoms with Crippen molar-refractivity contribution in [2.75, 3.05) is 21.3 Å². The number of nitrogens with zero attached hydrogens (tertiary/aromatic N) is 2. The number of rotatable bonds is 6. The predicted molar refractivity (Wildman–Crippen MR) is 94.5 cm³/mol. The third kappa shape index (κ3) is 2.87. The fourth-order valence-corrected chi connectivity index (χ4v) is 3.02. The van der Waals surface area contributed by atoms with E-state index in [2.05, 4.69) is 9.55 Å². The number of aromatic nitrogens is 2. The van der Waals surface area contributed by atoms with Gasteiger partial charge in [-0.2, -0.15) is 0 Å². The van der Waals surface area contributed by atoms with E-state index in [0.717, 1.165) is 22.4 Å². The third-order valence-electron chi connectivity index (χ3n) is 3.92. The smallest absolute Gasteiger partial charge is 0.203 e. The Hall–Kier alpha value is -2.40. The first-order chi connectivity index (χ1) is 11.7. The van der Waals surface area contributed by atoms with E-state index in [1.165, 1.54) is 0 Å². The molecule has 0 aliphatic rings. The first-order valence-electron chi connectivity index (χ1n) is 7.50. The molecular formula is C18H19ClN2O3. The van der Waals surface area contributed by atoms with Crippen LogP contribution in [0.15, 0.2) is 36.4 Å². The zero-order valence-corrected chi connectivity index (χ0v) is 14.6. The van der Waals surface area contributed by atoms with Crippen molar-refractivity contribution in [2.45, 2.75) is 12.4 Å². The number of para-hydroxylation sites is 2. The number of hydrogen-bond donors (Lipinski definition) is 0. The van der Waals surface area contributed by atoms with Crippen LogP contribution in [-0.4, -0.2) is 30.9 Å². The van der Waals surface area contributed by atoms with Crippen molar-refractivity contribution in [2.24, 2.45) is 0 Å². The maximum atomic E-state index is 6.08. The Kier molecular flexibility index (Phi) is 4.81. The number of fused-ring (bicyclic) bond motifs is 1. The van der Waals surface area contributed by atoms with Gasteiger partial charge in [-0.05, 0) is 29.8 Å². The molecule has 1 heterocycles. The van der Waals surface area contributed by atoms with Gasteiger partial charge >= 0.3 is 0 Å². The molecule has 3 aromatic rings. The fraction of sp³-hybridized carbons (Fsp3) is 0.278. The molecule has 3 rings (SSSR count). The molecule has 0 unspecified atom stereocenters. The molecule has 6 heteroatoms. The Morgan fingerprint density at radius 1 is 1.00 bits per heavy atom. The quantitative estimate of drug-likeness (QED) is 0.636. The lowest BCUT2D eigenvalue weighted by atomic mass is 10.1. The summed E-state index contributed by atoms with van der Waals surface area (Å²) in [6, 6.07) is 11.9. The van der Waals surface area contributed by atoms with E-state index in [1.54, 1.807) is 21.3 Å². The van der Waals surface area contributed by atoms with E-state index in [-0.39, 0.29) is 0 Å². The fourth-order valence-electron chi connectivity index (χ4n) is 2.81. The lowest BCUT2D eigenvalue weighted by Crippen LogP contribution is -2.05. The van der Waals surface area contributed by atoms with Crippen LogP contribution in [0, 0.1) is 0 Å². The molecule has 0 amide bonds. The van der Waals surface area contributed by atoms with E-state index < -0.39 is 0 Å². The summed E-state index contributed by atoms with van der Waals surface area (Å²) >= 11 is 6.08. The Balaban J connectivity index is 2.08. The van der Waals surface area contributed by atoms with Crippen molar-refractivity contribution in [3.63, 3.8) is 0 Å². The molecule has 24 heavy (non-hydrogen) atoms. The van der Waals surface area contributed by atoms with Gasteiger partial charge in [-0.15, -0.1) is 11.6 Å². The van der Waals surface area contributed by atoms with Crippen LogP contribution in [-0.2, 0) is 12.4 Å². The highest BCUT2D eigenvalue weighted by Gasteiger charge is 2.15. The molecule has 126 valence electrons. The molecule has 0 saturated heterocycles. The minimum Gasteiger partial charge on any atom is -0.493 e. The van der Waals surface area contributed by atoms with E-state index >= 15 is 0 Å². The van der Waals surface area contributed by atoms with Gasteiger partial charge in [0.05, 0.1) is 38.2 Å². The van der Waals surface area contributed by atoms with Gasteiger partial charge in [0.2, 0.25) is 5.75 Å². The van der Waals surface area contributed by atoms with Crippen molar-refractivity contribution in [1.82, 2.24) is 9.55 Å². The van der Waals surface area contributed by atoms with Gasteiger partial charge in [0.15, 0.2) is 11.5 Å². The largest absolute Gasteiger partial charge is 0.493 e.